The quantitative estimate of drug-likeness (QED) is 0.279. The maximum atomic E-state index is 4.89. The summed E-state index contributed by atoms with van der Waals surface area (Å²) in [5.74, 6) is 0. The standard InChI is InChI=1S/C4H7O.3C4H9.2Sn/c1-3-5-4-2;3*1-3-4-2;;/h1,4H2,2H3;3*1,3-4H2,2H3;;. The second-order valence-electron chi connectivity index (χ2n) is 4.92. The van der Waals surface area contributed by atoms with Crippen LogP contribution in [0.15, 0.2) is 10.4 Å². The van der Waals surface area contributed by atoms with Crippen LogP contribution in [0.3, 0.4) is 0 Å². The van der Waals surface area contributed by atoms with Crippen molar-refractivity contribution in [2.24, 2.45) is 0 Å². The predicted octanol–water partition coefficient (Wildman–Crippen LogP) is 5.54. The van der Waals surface area contributed by atoms with Crippen molar-refractivity contribution in [1.82, 2.24) is 0 Å². The summed E-state index contributed by atoms with van der Waals surface area (Å²) >= 11 is 0.431. The molecule has 0 amide bonds. The number of hydrogen-bond donors (Lipinski definition) is 0. The molecule has 0 heterocycles. The first-order valence-corrected chi connectivity index (χ1v) is 15.5. The fraction of sp³-hybridized carbons (Fsp3) is 0.875. The molecule has 0 atom stereocenters. The van der Waals surface area contributed by atoms with Gasteiger partial charge in [-0.1, -0.05) is 0 Å². The first-order valence-electron chi connectivity index (χ1n) is 7.99. The van der Waals surface area contributed by atoms with E-state index in [4.69, 9.17) is 4.74 Å². The Bertz CT molecular complexity index is 165. The van der Waals surface area contributed by atoms with Gasteiger partial charge in [0, 0.05) is 0 Å². The Morgan fingerprint density at radius 1 is 0.895 bits per heavy atom. The van der Waals surface area contributed by atoms with E-state index in [1.807, 2.05) is 6.92 Å². The molecule has 4 radical (unpaired) electrons. The molecule has 0 aliphatic carbocycles. The van der Waals surface area contributed by atoms with Crippen LogP contribution in [0.5, 0.6) is 0 Å². The zero-order valence-electron chi connectivity index (χ0n) is 13.7. The van der Waals surface area contributed by atoms with Crippen molar-refractivity contribution in [3.63, 3.8) is 0 Å². The molecule has 0 saturated carbocycles. The van der Waals surface area contributed by atoms with Gasteiger partial charge in [0.1, 0.15) is 0 Å². The van der Waals surface area contributed by atoms with Gasteiger partial charge in [-0.25, -0.2) is 0 Å². The topological polar surface area (TPSA) is 9.23 Å². The third-order valence-electron chi connectivity index (χ3n) is 2.97. The number of hydrogen-bond acceptors (Lipinski definition) is 1. The molecule has 0 unspecified atom stereocenters. The third-order valence-corrected chi connectivity index (χ3v) is 12.5. The number of unbranched alkanes of at least 4 members (excludes halogenated alkanes) is 3. The van der Waals surface area contributed by atoms with Gasteiger partial charge in [0.15, 0.2) is 0 Å². The fourth-order valence-corrected chi connectivity index (χ4v) is 11.7. The van der Waals surface area contributed by atoms with Crippen LogP contribution in [-0.4, -0.2) is 48.9 Å². The zero-order chi connectivity index (χ0) is 14.9. The first-order chi connectivity index (χ1) is 9.12. The summed E-state index contributed by atoms with van der Waals surface area (Å²) in [4.78, 5) is 0. The normalized spacial score (nSPS) is 10.0. The molecule has 0 saturated heterocycles. The Labute approximate surface area is 142 Å². The molecule has 19 heavy (non-hydrogen) atoms. The second kappa shape index (κ2) is 19.1. The molecular formula is C16H34OSn2. The van der Waals surface area contributed by atoms with Crippen LogP contribution >= 0.6 is 0 Å². The van der Waals surface area contributed by atoms with Crippen LogP contribution in [0.1, 0.15) is 66.2 Å². The van der Waals surface area contributed by atoms with E-state index in [1.54, 1.807) is 13.3 Å². The van der Waals surface area contributed by atoms with E-state index in [2.05, 4.69) is 27.4 Å². The van der Waals surface area contributed by atoms with Crippen LogP contribution in [0.25, 0.3) is 0 Å². The van der Waals surface area contributed by atoms with Gasteiger partial charge in [0.05, 0.1) is 0 Å². The minimum atomic E-state index is -0.839. The molecule has 3 heteroatoms. The molecule has 0 aromatic heterocycles. The van der Waals surface area contributed by atoms with Gasteiger partial charge in [-0.2, -0.15) is 0 Å². The fourth-order valence-electron chi connectivity index (χ4n) is 1.83. The van der Waals surface area contributed by atoms with Gasteiger partial charge in [0.25, 0.3) is 0 Å². The first kappa shape index (κ1) is 22.4. The van der Waals surface area contributed by atoms with Gasteiger partial charge in [-0.05, 0) is 0 Å². The monoisotopic (exact) mass is 482 g/mol. The molecular weight excluding hydrogens is 446 g/mol. The Hall–Kier alpha value is 1.14. The molecule has 0 bridgehead atoms. The molecule has 1 nitrogen and oxygen atoms in total. The van der Waals surface area contributed by atoms with Crippen molar-refractivity contribution < 1.29 is 4.74 Å². The summed E-state index contributed by atoms with van der Waals surface area (Å²) in [7, 11) is 0. The van der Waals surface area contributed by atoms with E-state index < -0.39 is 19.8 Å². The van der Waals surface area contributed by atoms with Crippen molar-refractivity contribution in [1.29, 1.82) is 0 Å². The van der Waals surface area contributed by atoms with Gasteiger partial charge in [0.2, 0.25) is 0 Å². The average Bonchev–Trinajstić information content (AvgIpc) is 2.38. The molecule has 0 spiro atoms. The molecule has 0 aliphatic rings. The zero-order valence-corrected chi connectivity index (χ0v) is 19.4. The molecule has 0 fully saturated rings. The Morgan fingerprint density at radius 3 is 1.42 bits per heavy atom. The van der Waals surface area contributed by atoms with E-state index in [1.165, 1.54) is 61.0 Å². The van der Waals surface area contributed by atoms with Crippen molar-refractivity contribution in [3.8, 4) is 0 Å². The minimum absolute atomic E-state index is 0.754. The number of ether oxygens (including phenoxy) is 1. The SMILES string of the molecule is C=[C]([Sn])OCC.CCC[CH2][Sn]([CH2]CCC)[CH2]CCC. The third kappa shape index (κ3) is 21.6. The van der Waals surface area contributed by atoms with Crippen molar-refractivity contribution >= 4 is 42.3 Å². The van der Waals surface area contributed by atoms with E-state index >= 15 is 0 Å². The van der Waals surface area contributed by atoms with E-state index in [-0.39, 0.29) is 0 Å². The Morgan fingerprint density at radius 2 is 1.26 bits per heavy atom. The van der Waals surface area contributed by atoms with Crippen LogP contribution < -0.4 is 0 Å². The molecule has 0 rings (SSSR count). The summed E-state index contributed by atoms with van der Waals surface area (Å²) in [5.41, 5.74) is 0. The van der Waals surface area contributed by atoms with Crippen LogP contribution in [0.4, 0.5) is 0 Å². The van der Waals surface area contributed by atoms with Crippen molar-refractivity contribution in [3.05, 3.63) is 10.4 Å². The van der Waals surface area contributed by atoms with Gasteiger partial charge in [-0.15, -0.1) is 0 Å². The van der Waals surface area contributed by atoms with Crippen LogP contribution in [-0.2, 0) is 4.74 Å². The summed E-state index contributed by atoms with van der Waals surface area (Å²) < 4.78 is 10.8. The van der Waals surface area contributed by atoms with Crippen LogP contribution in [0.2, 0.25) is 13.3 Å². The molecule has 0 aromatic rings. The van der Waals surface area contributed by atoms with Gasteiger partial charge in [-0.3, -0.25) is 0 Å². The predicted molar refractivity (Wildman–Crippen MR) is 91.4 cm³/mol. The molecule has 0 N–H and O–H groups in total. The van der Waals surface area contributed by atoms with E-state index in [0.29, 0.717) is 0 Å². The summed E-state index contributed by atoms with van der Waals surface area (Å²) in [6.45, 7) is 13.3. The summed E-state index contributed by atoms with van der Waals surface area (Å²) in [6, 6.07) is 0. The van der Waals surface area contributed by atoms with E-state index in [9.17, 15) is 0 Å². The molecule has 0 aromatic carbocycles. The second-order valence-corrected chi connectivity index (χ2v) is 15.1. The summed E-state index contributed by atoms with van der Waals surface area (Å²) in [5, 5.41) is 0. The Balaban J connectivity index is 0. The average molecular weight is 480 g/mol. The number of rotatable bonds is 11. The van der Waals surface area contributed by atoms with Gasteiger partial charge >= 0.3 is 144 Å². The summed E-state index contributed by atoms with van der Waals surface area (Å²) in [6.07, 6.45) is 8.85. The van der Waals surface area contributed by atoms with Gasteiger partial charge < -0.3 is 0 Å². The van der Waals surface area contributed by atoms with Crippen LogP contribution in [0, 0.1) is 0 Å². The molecule has 0 aliphatic heterocycles. The van der Waals surface area contributed by atoms with Crippen molar-refractivity contribution in [2.75, 3.05) is 6.61 Å². The van der Waals surface area contributed by atoms with Crippen molar-refractivity contribution in [2.45, 2.75) is 79.5 Å². The Kier molecular flexibility index (Phi) is 22.6. The van der Waals surface area contributed by atoms with E-state index in [0.717, 1.165) is 10.4 Å². The molecule has 112 valence electrons. The maximum absolute atomic E-state index is 4.89.